The summed E-state index contributed by atoms with van der Waals surface area (Å²) < 4.78 is 0. The molecule has 1 aliphatic heterocycles. The maximum absolute atomic E-state index is 5.79. The number of thiol groups is 1. The van der Waals surface area contributed by atoms with Gasteiger partial charge in [-0.2, -0.15) is 12.6 Å². The summed E-state index contributed by atoms with van der Waals surface area (Å²) in [6.07, 6.45) is 0. The standard InChI is InChI=1S/C10H12ClNS/c11-9-3-1-8(2-4-9)5-12-6-10(13)7-12/h1-4,10,13H,5-7H2. The molecule has 0 unspecified atom stereocenters. The van der Waals surface area contributed by atoms with E-state index < -0.39 is 0 Å². The molecule has 0 aromatic heterocycles. The molecule has 0 amide bonds. The Labute approximate surface area is 89.1 Å². The Hall–Kier alpha value is -0.180. The molecule has 1 heterocycles. The second-order valence-electron chi connectivity index (χ2n) is 3.47. The van der Waals surface area contributed by atoms with Gasteiger partial charge in [-0.05, 0) is 17.7 Å². The van der Waals surface area contributed by atoms with Crippen LogP contribution in [0.1, 0.15) is 5.56 Å². The molecular weight excluding hydrogens is 202 g/mol. The summed E-state index contributed by atoms with van der Waals surface area (Å²) in [6.45, 7) is 3.23. The molecule has 0 aliphatic carbocycles. The zero-order valence-electron chi connectivity index (χ0n) is 7.28. The van der Waals surface area contributed by atoms with Gasteiger partial charge < -0.3 is 0 Å². The van der Waals surface area contributed by atoms with Crippen LogP contribution in [-0.4, -0.2) is 23.2 Å². The van der Waals surface area contributed by atoms with Crippen LogP contribution in [0.15, 0.2) is 24.3 Å². The van der Waals surface area contributed by atoms with Crippen LogP contribution in [0.4, 0.5) is 0 Å². The Morgan fingerprint density at radius 2 is 1.92 bits per heavy atom. The van der Waals surface area contributed by atoms with Gasteiger partial charge in [0.2, 0.25) is 0 Å². The molecule has 13 heavy (non-hydrogen) atoms. The fraction of sp³-hybridized carbons (Fsp3) is 0.400. The smallest absolute Gasteiger partial charge is 0.0406 e. The van der Waals surface area contributed by atoms with Crippen molar-refractivity contribution in [1.29, 1.82) is 0 Å². The summed E-state index contributed by atoms with van der Waals surface area (Å²) in [6, 6.07) is 8.03. The Bertz CT molecular complexity index is 279. The highest BCUT2D eigenvalue weighted by atomic mass is 35.5. The lowest BCUT2D eigenvalue weighted by Gasteiger charge is -2.36. The van der Waals surface area contributed by atoms with Crippen molar-refractivity contribution in [2.75, 3.05) is 13.1 Å². The first-order valence-corrected chi connectivity index (χ1v) is 5.28. The molecule has 0 saturated carbocycles. The van der Waals surface area contributed by atoms with E-state index >= 15 is 0 Å². The Kier molecular flexibility index (Phi) is 2.82. The minimum absolute atomic E-state index is 0.576. The zero-order chi connectivity index (χ0) is 9.26. The second kappa shape index (κ2) is 3.91. The molecule has 0 atom stereocenters. The third-order valence-corrected chi connectivity index (χ3v) is 2.84. The largest absolute Gasteiger partial charge is 0.297 e. The van der Waals surface area contributed by atoms with Crippen molar-refractivity contribution in [3.05, 3.63) is 34.9 Å². The summed E-state index contributed by atoms with van der Waals surface area (Å²) in [5.74, 6) is 0. The van der Waals surface area contributed by atoms with Crippen LogP contribution in [0.3, 0.4) is 0 Å². The van der Waals surface area contributed by atoms with Gasteiger partial charge >= 0.3 is 0 Å². The lowest BCUT2D eigenvalue weighted by molar-refractivity contribution is 0.182. The van der Waals surface area contributed by atoms with Gasteiger partial charge in [0.05, 0.1) is 0 Å². The lowest BCUT2D eigenvalue weighted by atomic mass is 10.1. The van der Waals surface area contributed by atoms with E-state index in [4.69, 9.17) is 11.6 Å². The van der Waals surface area contributed by atoms with E-state index in [-0.39, 0.29) is 0 Å². The fourth-order valence-electron chi connectivity index (χ4n) is 1.52. The highest BCUT2D eigenvalue weighted by Gasteiger charge is 2.22. The molecule has 3 heteroatoms. The minimum atomic E-state index is 0.576. The van der Waals surface area contributed by atoms with Gasteiger partial charge in [-0.3, -0.25) is 4.90 Å². The number of rotatable bonds is 2. The molecule has 2 rings (SSSR count). The van der Waals surface area contributed by atoms with E-state index in [2.05, 4.69) is 29.7 Å². The summed E-state index contributed by atoms with van der Waals surface area (Å²) in [4.78, 5) is 2.38. The van der Waals surface area contributed by atoms with Gasteiger partial charge in [0.15, 0.2) is 0 Å². The van der Waals surface area contributed by atoms with Gasteiger partial charge in [-0.25, -0.2) is 0 Å². The minimum Gasteiger partial charge on any atom is -0.297 e. The normalized spacial score (nSPS) is 18.6. The third kappa shape index (κ3) is 2.39. The molecule has 70 valence electrons. The Morgan fingerprint density at radius 3 is 2.46 bits per heavy atom. The first-order chi connectivity index (χ1) is 6.24. The van der Waals surface area contributed by atoms with Gasteiger partial charge in [0.25, 0.3) is 0 Å². The highest BCUT2D eigenvalue weighted by Crippen LogP contribution is 2.17. The fourth-order valence-corrected chi connectivity index (χ4v) is 2.11. The lowest BCUT2D eigenvalue weighted by Crippen LogP contribution is -2.46. The molecule has 0 bridgehead atoms. The molecular formula is C10H12ClNS. The van der Waals surface area contributed by atoms with E-state index in [1.54, 1.807) is 0 Å². The van der Waals surface area contributed by atoms with Crippen LogP contribution in [0.2, 0.25) is 5.02 Å². The number of halogens is 1. The van der Waals surface area contributed by atoms with Gasteiger partial charge in [-0.1, -0.05) is 23.7 Å². The zero-order valence-corrected chi connectivity index (χ0v) is 8.93. The maximum Gasteiger partial charge on any atom is 0.0406 e. The third-order valence-electron chi connectivity index (χ3n) is 2.26. The molecule has 1 fully saturated rings. The van der Waals surface area contributed by atoms with Crippen molar-refractivity contribution in [2.24, 2.45) is 0 Å². The number of benzene rings is 1. The van der Waals surface area contributed by atoms with Crippen molar-refractivity contribution >= 4 is 24.2 Å². The average molecular weight is 214 g/mol. The van der Waals surface area contributed by atoms with Crippen molar-refractivity contribution in [2.45, 2.75) is 11.8 Å². The second-order valence-corrected chi connectivity index (χ2v) is 4.64. The first kappa shape index (κ1) is 9.38. The van der Waals surface area contributed by atoms with Crippen LogP contribution >= 0.6 is 24.2 Å². The van der Waals surface area contributed by atoms with E-state index in [0.717, 1.165) is 24.7 Å². The van der Waals surface area contributed by atoms with E-state index in [9.17, 15) is 0 Å². The molecule has 0 spiro atoms. The van der Waals surface area contributed by atoms with E-state index in [1.165, 1.54) is 5.56 Å². The summed E-state index contributed by atoms with van der Waals surface area (Å²) >= 11 is 10.2. The molecule has 1 saturated heterocycles. The van der Waals surface area contributed by atoms with Crippen molar-refractivity contribution in [3.8, 4) is 0 Å². The topological polar surface area (TPSA) is 3.24 Å². The Balaban J connectivity index is 1.91. The molecule has 0 radical (unpaired) electrons. The van der Waals surface area contributed by atoms with Gasteiger partial charge in [0.1, 0.15) is 0 Å². The monoisotopic (exact) mass is 213 g/mol. The van der Waals surface area contributed by atoms with E-state index in [0.29, 0.717) is 5.25 Å². The summed E-state index contributed by atoms with van der Waals surface area (Å²) in [7, 11) is 0. The van der Waals surface area contributed by atoms with Crippen LogP contribution in [0.5, 0.6) is 0 Å². The van der Waals surface area contributed by atoms with Crippen LogP contribution in [0.25, 0.3) is 0 Å². The average Bonchev–Trinajstić information content (AvgIpc) is 2.06. The number of hydrogen-bond acceptors (Lipinski definition) is 2. The van der Waals surface area contributed by atoms with Crippen molar-refractivity contribution in [3.63, 3.8) is 0 Å². The number of nitrogens with zero attached hydrogens (tertiary/aromatic N) is 1. The predicted molar refractivity (Wildman–Crippen MR) is 59.5 cm³/mol. The molecule has 1 aromatic carbocycles. The van der Waals surface area contributed by atoms with Gasteiger partial charge in [0, 0.05) is 29.9 Å². The summed E-state index contributed by atoms with van der Waals surface area (Å²) in [5.41, 5.74) is 1.32. The van der Waals surface area contributed by atoms with E-state index in [1.807, 2.05) is 12.1 Å². The first-order valence-electron chi connectivity index (χ1n) is 4.39. The van der Waals surface area contributed by atoms with Gasteiger partial charge in [-0.15, -0.1) is 0 Å². The molecule has 0 N–H and O–H groups in total. The predicted octanol–water partition coefficient (Wildman–Crippen LogP) is 2.45. The highest BCUT2D eigenvalue weighted by molar-refractivity contribution is 7.81. The summed E-state index contributed by atoms with van der Waals surface area (Å²) in [5, 5.41) is 1.38. The van der Waals surface area contributed by atoms with Crippen molar-refractivity contribution in [1.82, 2.24) is 4.90 Å². The van der Waals surface area contributed by atoms with Crippen LogP contribution in [-0.2, 0) is 6.54 Å². The van der Waals surface area contributed by atoms with Crippen LogP contribution < -0.4 is 0 Å². The quantitative estimate of drug-likeness (QED) is 0.739. The molecule has 1 nitrogen and oxygen atoms in total. The molecule has 1 aliphatic rings. The Morgan fingerprint density at radius 1 is 1.31 bits per heavy atom. The van der Waals surface area contributed by atoms with Crippen LogP contribution in [0, 0.1) is 0 Å². The number of likely N-dealkylation sites (tertiary alicyclic amines) is 1. The van der Waals surface area contributed by atoms with Crippen molar-refractivity contribution < 1.29 is 0 Å². The molecule has 1 aromatic rings. The maximum atomic E-state index is 5.79. The number of hydrogen-bond donors (Lipinski definition) is 1. The SMILES string of the molecule is SC1CN(Cc2ccc(Cl)cc2)C1.